The van der Waals surface area contributed by atoms with Crippen LogP contribution in [0.2, 0.25) is 0 Å². The predicted octanol–water partition coefficient (Wildman–Crippen LogP) is 5.10. The van der Waals surface area contributed by atoms with Crippen LogP contribution in [0.1, 0.15) is 36.1 Å². The second-order valence-corrected chi connectivity index (χ2v) is 9.14. The molecule has 2 N–H and O–H groups in total. The molecule has 2 aromatic carbocycles. The molecule has 0 unspecified atom stereocenters. The van der Waals surface area contributed by atoms with Crippen LogP contribution >= 0.6 is 11.3 Å². The van der Waals surface area contributed by atoms with E-state index in [9.17, 15) is 9.59 Å². The highest BCUT2D eigenvalue weighted by atomic mass is 32.1. The van der Waals surface area contributed by atoms with Gasteiger partial charge in [0.25, 0.3) is 0 Å². The van der Waals surface area contributed by atoms with Crippen LogP contribution in [0.5, 0.6) is 0 Å². The van der Waals surface area contributed by atoms with E-state index in [1.807, 2.05) is 54.7 Å². The molecule has 1 amide bonds. The lowest BCUT2D eigenvalue weighted by atomic mass is 10.0. The zero-order valence-corrected chi connectivity index (χ0v) is 17.9. The van der Waals surface area contributed by atoms with Gasteiger partial charge < -0.3 is 15.0 Å². The van der Waals surface area contributed by atoms with Crippen molar-refractivity contribution in [1.82, 2.24) is 15.3 Å². The van der Waals surface area contributed by atoms with Crippen molar-refractivity contribution < 1.29 is 14.3 Å². The Bertz CT molecular complexity index is 1190. The number of benzene rings is 2. The number of nitrogens with zero attached hydrogens (tertiary/aromatic N) is 1. The number of para-hydroxylation sites is 2. The van der Waals surface area contributed by atoms with Crippen LogP contribution in [0.25, 0.3) is 21.1 Å². The van der Waals surface area contributed by atoms with E-state index in [-0.39, 0.29) is 5.78 Å². The average molecular weight is 422 g/mol. The minimum atomic E-state index is -0.792. The topological polar surface area (TPSA) is 84.1 Å². The number of aromatic amines is 1. The molecule has 0 saturated heterocycles. The molecule has 1 atom stereocenters. The Balaban J connectivity index is 1.65. The van der Waals surface area contributed by atoms with Crippen molar-refractivity contribution in [3.05, 3.63) is 65.3 Å². The SMILES string of the molecule is CC(C)(C)OC(=O)N[C@@H](Cc1c[nH]c2ccccc12)C(=O)c1nc2ccccc2s1. The Labute approximate surface area is 178 Å². The molecule has 154 valence electrons. The fourth-order valence-electron chi connectivity index (χ4n) is 3.31. The van der Waals surface area contributed by atoms with Gasteiger partial charge in [0.15, 0.2) is 5.01 Å². The fourth-order valence-corrected chi connectivity index (χ4v) is 4.27. The number of hydrogen-bond donors (Lipinski definition) is 2. The zero-order valence-electron chi connectivity index (χ0n) is 17.1. The number of rotatable bonds is 5. The summed E-state index contributed by atoms with van der Waals surface area (Å²) in [5.41, 5.74) is 2.04. The number of ketones is 1. The van der Waals surface area contributed by atoms with Crippen LogP contribution in [0.3, 0.4) is 0 Å². The molecule has 0 radical (unpaired) electrons. The molecule has 0 fully saturated rings. The van der Waals surface area contributed by atoms with Gasteiger partial charge in [-0.25, -0.2) is 9.78 Å². The molecule has 0 aliphatic heterocycles. The number of thiazole rings is 1. The number of carbonyl (C=O) groups excluding carboxylic acids is 2. The second-order valence-electron chi connectivity index (χ2n) is 8.11. The van der Waals surface area contributed by atoms with Gasteiger partial charge in [0.2, 0.25) is 5.78 Å². The molecule has 4 rings (SSSR count). The van der Waals surface area contributed by atoms with E-state index in [1.54, 1.807) is 20.8 Å². The van der Waals surface area contributed by atoms with Gasteiger partial charge in [-0.2, -0.15) is 0 Å². The molecular weight excluding hydrogens is 398 g/mol. The van der Waals surface area contributed by atoms with Crippen LogP contribution in [-0.4, -0.2) is 33.5 Å². The third-order valence-electron chi connectivity index (χ3n) is 4.61. The quantitative estimate of drug-likeness (QED) is 0.439. The van der Waals surface area contributed by atoms with Gasteiger partial charge in [-0.3, -0.25) is 4.79 Å². The lowest BCUT2D eigenvalue weighted by molar-refractivity contribution is 0.0491. The van der Waals surface area contributed by atoms with Crippen LogP contribution in [0, 0.1) is 0 Å². The Morgan fingerprint density at radius 1 is 1.13 bits per heavy atom. The number of nitrogens with one attached hydrogen (secondary N) is 2. The summed E-state index contributed by atoms with van der Waals surface area (Å²) in [6.07, 6.45) is 1.58. The normalized spacial score (nSPS) is 12.8. The summed E-state index contributed by atoms with van der Waals surface area (Å²) in [4.78, 5) is 33.5. The van der Waals surface area contributed by atoms with Crippen molar-refractivity contribution in [3.63, 3.8) is 0 Å². The molecule has 0 aliphatic rings. The predicted molar refractivity (Wildman–Crippen MR) is 119 cm³/mol. The zero-order chi connectivity index (χ0) is 21.3. The van der Waals surface area contributed by atoms with Gasteiger partial charge in [0, 0.05) is 23.5 Å². The summed E-state index contributed by atoms with van der Waals surface area (Å²) in [6.45, 7) is 5.36. The van der Waals surface area contributed by atoms with E-state index in [0.29, 0.717) is 11.4 Å². The first-order chi connectivity index (χ1) is 14.3. The highest BCUT2D eigenvalue weighted by Gasteiger charge is 2.28. The van der Waals surface area contributed by atoms with E-state index in [2.05, 4.69) is 15.3 Å². The maximum absolute atomic E-state index is 13.3. The third kappa shape index (κ3) is 4.36. The Hall–Kier alpha value is -3.19. The molecular formula is C23H23N3O3S. The molecule has 0 bridgehead atoms. The summed E-state index contributed by atoms with van der Waals surface area (Å²) in [5.74, 6) is -0.229. The van der Waals surface area contributed by atoms with Gasteiger partial charge in [0.05, 0.1) is 10.2 Å². The van der Waals surface area contributed by atoms with Crippen molar-refractivity contribution in [1.29, 1.82) is 0 Å². The number of carbonyl (C=O) groups is 2. The fraction of sp³-hybridized carbons (Fsp3) is 0.261. The molecule has 2 heterocycles. The smallest absolute Gasteiger partial charge is 0.408 e. The highest BCUT2D eigenvalue weighted by Crippen LogP contribution is 2.25. The van der Waals surface area contributed by atoms with Gasteiger partial charge in [-0.05, 0) is 44.5 Å². The molecule has 2 aromatic heterocycles. The lowest BCUT2D eigenvalue weighted by Crippen LogP contribution is -2.44. The molecule has 6 nitrogen and oxygen atoms in total. The monoisotopic (exact) mass is 421 g/mol. The van der Waals surface area contributed by atoms with Crippen molar-refractivity contribution >= 4 is 44.3 Å². The Morgan fingerprint density at radius 2 is 1.87 bits per heavy atom. The number of hydrogen-bond acceptors (Lipinski definition) is 5. The Morgan fingerprint density at radius 3 is 2.63 bits per heavy atom. The largest absolute Gasteiger partial charge is 0.444 e. The minimum absolute atomic E-state index is 0.229. The van der Waals surface area contributed by atoms with Crippen molar-refractivity contribution in [2.45, 2.75) is 38.8 Å². The van der Waals surface area contributed by atoms with E-state index in [0.717, 1.165) is 26.7 Å². The minimum Gasteiger partial charge on any atom is -0.444 e. The molecule has 7 heteroatoms. The summed E-state index contributed by atoms with van der Waals surface area (Å²) in [5, 5.41) is 4.15. The van der Waals surface area contributed by atoms with E-state index in [1.165, 1.54) is 11.3 Å². The number of Topliss-reactive ketones (excluding diaryl/α,β-unsaturated/α-hetero) is 1. The molecule has 0 aliphatic carbocycles. The molecule has 30 heavy (non-hydrogen) atoms. The van der Waals surface area contributed by atoms with E-state index in [4.69, 9.17) is 4.74 Å². The Kier molecular flexibility index (Phi) is 5.30. The maximum Gasteiger partial charge on any atom is 0.408 e. The number of alkyl carbamates (subject to hydrolysis) is 1. The van der Waals surface area contributed by atoms with Gasteiger partial charge in [-0.15, -0.1) is 11.3 Å². The maximum atomic E-state index is 13.3. The number of amides is 1. The van der Waals surface area contributed by atoms with E-state index < -0.39 is 17.7 Å². The number of aromatic nitrogens is 2. The average Bonchev–Trinajstić information content (AvgIpc) is 3.30. The lowest BCUT2D eigenvalue weighted by Gasteiger charge is -2.22. The number of H-pyrrole nitrogens is 1. The van der Waals surface area contributed by atoms with E-state index >= 15 is 0 Å². The summed E-state index contributed by atoms with van der Waals surface area (Å²) in [6, 6.07) is 14.7. The number of ether oxygens (including phenoxy) is 1. The first-order valence-electron chi connectivity index (χ1n) is 9.74. The van der Waals surface area contributed by atoms with Crippen molar-refractivity contribution in [2.24, 2.45) is 0 Å². The first-order valence-corrected chi connectivity index (χ1v) is 10.6. The standard InChI is InChI=1S/C23H23N3O3S/c1-23(2,3)29-22(28)26-18(12-14-13-24-16-9-5-4-8-15(14)16)20(27)21-25-17-10-6-7-11-19(17)30-21/h4-11,13,18,24H,12H2,1-3H3,(H,26,28)/t18-/m0/s1. The van der Waals surface area contributed by atoms with Crippen molar-refractivity contribution in [3.8, 4) is 0 Å². The van der Waals surface area contributed by atoms with Crippen LogP contribution in [0.4, 0.5) is 4.79 Å². The summed E-state index contributed by atoms with van der Waals surface area (Å²) >= 11 is 1.33. The second kappa shape index (κ2) is 7.91. The number of fused-ring (bicyclic) bond motifs is 2. The first kappa shape index (κ1) is 20.1. The van der Waals surface area contributed by atoms with Crippen LogP contribution in [0.15, 0.2) is 54.7 Å². The molecule has 4 aromatic rings. The third-order valence-corrected chi connectivity index (χ3v) is 5.66. The van der Waals surface area contributed by atoms with Crippen molar-refractivity contribution in [2.75, 3.05) is 0 Å². The van der Waals surface area contributed by atoms with Crippen LogP contribution < -0.4 is 5.32 Å². The van der Waals surface area contributed by atoms with Gasteiger partial charge >= 0.3 is 6.09 Å². The van der Waals surface area contributed by atoms with Gasteiger partial charge in [0.1, 0.15) is 11.6 Å². The summed E-state index contributed by atoms with van der Waals surface area (Å²) in [7, 11) is 0. The van der Waals surface area contributed by atoms with Crippen LogP contribution in [-0.2, 0) is 11.2 Å². The highest BCUT2D eigenvalue weighted by molar-refractivity contribution is 7.20. The molecule has 0 saturated carbocycles. The van der Waals surface area contributed by atoms with Gasteiger partial charge in [-0.1, -0.05) is 30.3 Å². The molecule has 0 spiro atoms. The summed E-state index contributed by atoms with van der Waals surface area (Å²) < 4.78 is 6.33.